The van der Waals surface area contributed by atoms with Crippen molar-refractivity contribution in [2.45, 2.75) is 20.0 Å². The van der Waals surface area contributed by atoms with Gasteiger partial charge in [0.05, 0.1) is 5.02 Å². The summed E-state index contributed by atoms with van der Waals surface area (Å²) in [5.41, 5.74) is 4.47. The van der Waals surface area contributed by atoms with Crippen molar-refractivity contribution in [3.8, 4) is 5.75 Å². The first-order chi connectivity index (χ1) is 9.54. The number of carbonyl (C=O) groups excluding carboxylic acids is 2. The molecular weight excluding hydrogens is 284 g/mol. The highest BCUT2D eigenvalue weighted by Gasteiger charge is 2.16. The minimum absolute atomic E-state index is 0.115. The zero-order chi connectivity index (χ0) is 15.0. The Balaban J connectivity index is 2.40. The van der Waals surface area contributed by atoms with Gasteiger partial charge in [-0.2, -0.15) is 0 Å². The molecule has 7 heteroatoms. The van der Waals surface area contributed by atoms with Gasteiger partial charge in [0.2, 0.25) is 0 Å². The normalized spacial score (nSPS) is 11.6. The maximum absolute atomic E-state index is 11.7. The fraction of sp³-hybridized carbons (Fsp3) is 0.385. The first-order valence-corrected chi connectivity index (χ1v) is 6.50. The average molecular weight is 301 g/mol. The Kier molecular flexibility index (Phi) is 6.83. The van der Waals surface area contributed by atoms with E-state index in [0.29, 0.717) is 17.4 Å². The molecule has 0 aliphatic rings. The van der Waals surface area contributed by atoms with E-state index in [9.17, 15) is 9.59 Å². The van der Waals surface area contributed by atoms with E-state index < -0.39 is 17.9 Å². The topological polar surface area (TPSA) is 76.7 Å². The first-order valence-electron chi connectivity index (χ1n) is 6.12. The molecule has 0 aliphatic heterocycles. The van der Waals surface area contributed by atoms with Crippen LogP contribution in [0.25, 0.3) is 0 Å². The Bertz CT molecular complexity index is 467. The van der Waals surface area contributed by atoms with Crippen LogP contribution in [0.5, 0.6) is 5.75 Å². The third-order valence-electron chi connectivity index (χ3n) is 2.27. The summed E-state index contributed by atoms with van der Waals surface area (Å²) in [6.45, 7) is 3.63. The molecule has 1 aromatic carbocycles. The second kappa shape index (κ2) is 8.39. The number of hydrazine groups is 1. The molecule has 0 aliphatic carbocycles. The summed E-state index contributed by atoms with van der Waals surface area (Å²) in [6, 6.07) is 6.81. The zero-order valence-corrected chi connectivity index (χ0v) is 12.1. The van der Waals surface area contributed by atoms with Crippen LogP contribution < -0.4 is 15.6 Å². The Morgan fingerprint density at radius 2 is 2.00 bits per heavy atom. The predicted molar refractivity (Wildman–Crippen MR) is 74.3 cm³/mol. The van der Waals surface area contributed by atoms with Crippen molar-refractivity contribution in [1.29, 1.82) is 0 Å². The van der Waals surface area contributed by atoms with Crippen molar-refractivity contribution in [2.75, 3.05) is 13.2 Å². The molecule has 1 aromatic rings. The van der Waals surface area contributed by atoms with E-state index in [1.54, 1.807) is 38.1 Å². The highest BCUT2D eigenvalue weighted by Crippen LogP contribution is 2.24. The van der Waals surface area contributed by atoms with Gasteiger partial charge in [0, 0.05) is 6.61 Å². The largest absolute Gasteiger partial charge is 0.479 e. The average Bonchev–Trinajstić information content (AvgIpc) is 2.44. The number of para-hydroxylation sites is 1. The van der Waals surface area contributed by atoms with Gasteiger partial charge in [-0.1, -0.05) is 23.7 Å². The number of halogens is 1. The SMILES string of the molecule is CCOCC(=O)NNC(=O)C(C)Oc1ccccc1Cl. The van der Waals surface area contributed by atoms with Crippen LogP contribution in [0.2, 0.25) is 5.02 Å². The zero-order valence-electron chi connectivity index (χ0n) is 11.3. The lowest BCUT2D eigenvalue weighted by Crippen LogP contribution is -2.48. The van der Waals surface area contributed by atoms with Gasteiger partial charge in [-0.15, -0.1) is 0 Å². The summed E-state index contributed by atoms with van der Waals surface area (Å²) in [7, 11) is 0. The van der Waals surface area contributed by atoms with Crippen LogP contribution in [0.4, 0.5) is 0 Å². The van der Waals surface area contributed by atoms with E-state index in [1.165, 1.54) is 0 Å². The van der Waals surface area contributed by atoms with Crippen molar-refractivity contribution in [3.05, 3.63) is 29.3 Å². The van der Waals surface area contributed by atoms with E-state index in [-0.39, 0.29) is 6.61 Å². The van der Waals surface area contributed by atoms with E-state index in [2.05, 4.69) is 10.9 Å². The van der Waals surface area contributed by atoms with Crippen molar-refractivity contribution in [1.82, 2.24) is 10.9 Å². The summed E-state index contributed by atoms with van der Waals surface area (Å²) < 4.78 is 10.3. The van der Waals surface area contributed by atoms with Gasteiger partial charge in [0.15, 0.2) is 6.10 Å². The molecule has 0 saturated heterocycles. The molecule has 6 nitrogen and oxygen atoms in total. The molecule has 0 aromatic heterocycles. The van der Waals surface area contributed by atoms with Gasteiger partial charge in [0.1, 0.15) is 12.4 Å². The highest BCUT2D eigenvalue weighted by atomic mass is 35.5. The number of benzene rings is 1. The lowest BCUT2D eigenvalue weighted by atomic mass is 10.3. The van der Waals surface area contributed by atoms with E-state index in [4.69, 9.17) is 21.1 Å². The third kappa shape index (κ3) is 5.46. The van der Waals surface area contributed by atoms with Crippen LogP contribution in [0, 0.1) is 0 Å². The molecule has 1 atom stereocenters. The summed E-state index contributed by atoms with van der Waals surface area (Å²) in [6.07, 6.45) is -0.803. The molecule has 2 N–H and O–H groups in total. The number of rotatable bonds is 6. The smallest absolute Gasteiger partial charge is 0.279 e. The number of carbonyl (C=O) groups is 2. The molecule has 2 amide bonds. The standard InChI is InChI=1S/C13H17ClN2O4/c1-3-19-8-12(17)15-16-13(18)9(2)20-11-7-5-4-6-10(11)14/h4-7,9H,3,8H2,1-2H3,(H,15,17)(H,16,18). The minimum atomic E-state index is -0.803. The number of hydrogen-bond donors (Lipinski definition) is 2. The molecule has 110 valence electrons. The fourth-order valence-electron chi connectivity index (χ4n) is 1.25. The van der Waals surface area contributed by atoms with Gasteiger partial charge in [0.25, 0.3) is 11.8 Å². The Labute approximate surface area is 122 Å². The second-order valence-corrected chi connectivity index (χ2v) is 4.27. The van der Waals surface area contributed by atoms with Gasteiger partial charge < -0.3 is 9.47 Å². The lowest BCUT2D eigenvalue weighted by molar-refractivity contribution is -0.134. The second-order valence-electron chi connectivity index (χ2n) is 3.87. The third-order valence-corrected chi connectivity index (χ3v) is 2.58. The predicted octanol–water partition coefficient (Wildman–Crippen LogP) is 1.29. The summed E-state index contributed by atoms with van der Waals surface area (Å²) >= 11 is 5.91. The van der Waals surface area contributed by atoms with E-state index in [0.717, 1.165) is 0 Å². The molecule has 0 fully saturated rings. The molecular formula is C13H17ClN2O4. The number of amides is 2. The molecule has 20 heavy (non-hydrogen) atoms. The molecule has 1 unspecified atom stereocenters. The van der Waals surface area contributed by atoms with Crippen LogP contribution in [0.15, 0.2) is 24.3 Å². The lowest BCUT2D eigenvalue weighted by Gasteiger charge is -2.15. The van der Waals surface area contributed by atoms with E-state index in [1.807, 2.05) is 0 Å². The number of hydrogen-bond acceptors (Lipinski definition) is 4. The van der Waals surface area contributed by atoms with Crippen LogP contribution in [-0.2, 0) is 14.3 Å². The molecule has 0 spiro atoms. The number of ether oxygens (including phenoxy) is 2. The fourth-order valence-corrected chi connectivity index (χ4v) is 1.43. The van der Waals surface area contributed by atoms with Crippen molar-refractivity contribution in [3.63, 3.8) is 0 Å². The first kappa shape index (κ1) is 16.3. The molecule has 0 radical (unpaired) electrons. The van der Waals surface area contributed by atoms with Crippen molar-refractivity contribution < 1.29 is 19.1 Å². The molecule has 0 heterocycles. The monoisotopic (exact) mass is 300 g/mol. The maximum atomic E-state index is 11.7. The Hall–Kier alpha value is -1.79. The van der Waals surface area contributed by atoms with Crippen molar-refractivity contribution >= 4 is 23.4 Å². The van der Waals surface area contributed by atoms with E-state index >= 15 is 0 Å². The van der Waals surface area contributed by atoms with Crippen LogP contribution in [0.3, 0.4) is 0 Å². The molecule has 0 bridgehead atoms. The van der Waals surface area contributed by atoms with Crippen molar-refractivity contribution in [2.24, 2.45) is 0 Å². The highest BCUT2D eigenvalue weighted by molar-refractivity contribution is 6.32. The summed E-state index contributed by atoms with van der Waals surface area (Å²) in [5.74, 6) is -0.530. The quantitative estimate of drug-likeness (QED) is 0.776. The van der Waals surface area contributed by atoms with Crippen LogP contribution >= 0.6 is 11.6 Å². The summed E-state index contributed by atoms with van der Waals surface area (Å²) in [5, 5.41) is 0.410. The number of nitrogens with one attached hydrogen (secondary N) is 2. The van der Waals surface area contributed by atoms with Gasteiger partial charge in [-0.05, 0) is 26.0 Å². The Morgan fingerprint density at radius 3 is 2.65 bits per heavy atom. The Morgan fingerprint density at radius 1 is 1.30 bits per heavy atom. The van der Waals surface area contributed by atoms with Crippen LogP contribution in [-0.4, -0.2) is 31.1 Å². The minimum Gasteiger partial charge on any atom is -0.479 e. The van der Waals surface area contributed by atoms with Gasteiger partial charge in [-0.25, -0.2) is 0 Å². The maximum Gasteiger partial charge on any atom is 0.279 e. The van der Waals surface area contributed by atoms with Gasteiger partial charge in [-0.3, -0.25) is 20.4 Å². The molecule has 0 saturated carbocycles. The van der Waals surface area contributed by atoms with Crippen LogP contribution in [0.1, 0.15) is 13.8 Å². The van der Waals surface area contributed by atoms with Gasteiger partial charge >= 0.3 is 0 Å². The molecule has 1 rings (SSSR count). The summed E-state index contributed by atoms with van der Waals surface area (Å²) in [4.78, 5) is 22.9.